The van der Waals surface area contributed by atoms with Crippen LogP contribution in [-0.2, 0) is 5.66 Å². The first-order valence-electron chi connectivity index (χ1n) is 14.7. The lowest BCUT2D eigenvalue weighted by atomic mass is 9.86. The molecule has 5 nitrogen and oxygen atoms in total. The number of pyridine rings is 3. The van der Waals surface area contributed by atoms with Gasteiger partial charge in [-0.05, 0) is 47.9 Å². The minimum Gasteiger partial charge on any atom is -0.456 e. The highest BCUT2D eigenvalue weighted by Crippen LogP contribution is 2.57. The molecule has 0 saturated heterocycles. The second kappa shape index (κ2) is 6.63. The zero-order valence-electron chi connectivity index (χ0n) is 22.7. The summed E-state index contributed by atoms with van der Waals surface area (Å²) in [7, 11) is 0. The molecule has 0 bridgehead atoms. The number of imidazole rings is 1. The summed E-state index contributed by atoms with van der Waals surface area (Å²) in [5.74, 6) is 1.83. The fourth-order valence-electron chi connectivity index (χ4n) is 8.74. The van der Waals surface area contributed by atoms with E-state index in [0.717, 1.165) is 39.0 Å². The third kappa shape index (κ3) is 2.03. The fourth-order valence-corrected chi connectivity index (χ4v) is 8.74. The lowest BCUT2D eigenvalue weighted by Crippen LogP contribution is -2.71. The van der Waals surface area contributed by atoms with E-state index >= 15 is 0 Å². The summed E-state index contributed by atoms with van der Waals surface area (Å²) >= 11 is 0. The quantitative estimate of drug-likeness (QED) is 0.146. The van der Waals surface area contributed by atoms with Crippen LogP contribution >= 0.6 is 0 Å². The van der Waals surface area contributed by atoms with Crippen LogP contribution in [0.4, 0.5) is 0 Å². The zero-order chi connectivity index (χ0) is 27.6. The van der Waals surface area contributed by atoms with Crippen molar-refractivity contribution in [2.24, 2.45) is 0 Å². The molecule has 1 atom stereocenters. The predicted octanol–water partition coefficient (Wildman–Crippen LogP) is 7.37. The molecule has 3 aliphatic heterocycles. The largest absolute Gasteiger partial charge is 0.456 e. The van der Waals surface area contributed by atoms with Gasteiger partial charge in [-0.25, -0.2) is 4.98 Å². The summed E-state index contributed by atoms with van der Waals surface area (Å²) in [4.78, 5) is 5.49. The van der Waals surface area contributed by atoms with Gasteiger partial charge in [0.1, 0.15) is 22.7 Å². The van der Waals surface area contributed by atoms with Crippen LogP contribution in [-0.4, -0.2) is 9.38 Å². The summed E-state index contributed by atoms with van der Waals surface area (Å²) in [5, 5.41) is 7.21. The van der Waals surface area contributed by atoms with Crippen LogP contribution in [0, 0.1) is 0 Å². The average molecular weight is 549 g/mol. The predicted molar refractivity (Wildman–Crippen MR) is 167 cm³/mol. The van der Waals surface area contributed by atoms with Crippen molar-refractivity contribution in [1.82, 2.24) is 9.38 Å². The number of fused-ring (bicyclic) bond motifs is 12. The monoisotopic (exact) mass is 548 g/mol. The first kappa shape index (κ1) is 21.0. The Morgan fingerprint density at radius 1 is 0.605 bits per heavy atom. The van der Waals surface area contributed by atoms with Crippen molar-refractivity contribution in [2.45, 2.75) is 5.66 Å². The van der Waals surface area contributed by atoms with Crippen molar-refractivity contribution >= 4 is 60.0 Å². The van der Waals surface area contributed by atoms with Gasteiger partial charge in [0.15, 0.2) is 23.5 Å². The number of para-hydroxylation sites is 1. The maximum absolute atomic E-state index is 6.77. The SMILES string of the molecule is c1cc2c3c(c1)-c1cccc[n+]1C31c3c(ccc4c3c3c(ccc[n+]31)c1nc3c5ccccc5c5ccccc5n3c41)O2. The van der Waals surface area contributed by atoms with Crippen LogP contribution in [0.3, 0.4) is 0 Å². The van der Waals surface area contributed by atoms with Gasteiger partial charge in [0.25, 0.3) is 0 Å². The summed E-state index contributed by atoms with van der Waals surface area (Å²) in [6, 6.07) is 39.2. The Morgan fingerprint density at radius 2 is 1.40 bits per heavy atom. The molecule has 0 saturated carbocycles. The van der Waals surface area contributed by atoms with Gasteiger partial charge in [0.2, 0.25) is 11.2 Å². The van der Waals surface area contributed by atoms with E-state index in [1.807, 2.05) is 0 Å². The van der Waals surface area contributed by atoms with Crippen LogP contribution in [0.15, 0.2) is 122 Å². The van der Waals surface area contributed by atoms with Crippen LogP contribution in [0.2, 0.25) is 0 Å². The highest BCUT2D eigenvalue weighted by molar-refractivity contribution is 6.26. The summed E-state index contributed by atoms with van der Waals surface area (Å²) in [5.41, 5.74) is 9.78. The van der Waals surface area contributed by atoms with E-state index in [4.69, 9.17) is 9.72 Å². The zero-order valence-corrected chi connectivity index (χ0v) is 22.7. The smallest absolute Gasteiger partial charge is 0.425 e. The number of hydrogen-bond donors (Lipinski definition) is 0. The van der Waals surface area contributed by atoms with E-state index in [1.54, 1.807) is 0 Å². The van der Waals surface area contributed by atoms with E-state index in [2.05, 4.69) is 135 Å². The minimum absolute atomic E-state index is 0.578. The van der Waals surface area contributed by atoms with E-state index in [-0.39, 0.29) is 0 Å². The molecule has 7 heterocycles. The molecule has 5 heteroatoms. The van der Waals surface area contributed by atoms with E-state index < -0.39 is 5.66 Å². The third-order valence-electron chi connectivity index (χ3n) is 10.2. The van der Waals surface area contributed by atoms with Crippen LogP contribution in [0.5, 0.6) is 11.5 Å². The first-order valence-corrected chi connectivity index (χ1v) is 14.7. The molecule has 12 rings (SSSR count). The van der Waals surface area contributed by atoms with Gasteiger partial charge >= 0.3 is 5.66 Å². The number of hydrogen-bond acceptors (Lipinski definition) is 2. The Kier molecular flexibility index (Phi) is 3.24. The number of aromatic nitrogens is 4. The van der Waals surface area contributed by atoms with Crippen LogP contribution in [0.1, 0.15) is 11.1 Å². The molecule has 0 radical (unpaired) electrons. The van der Waals surface area contributed by atoms with Gasteiger partial charge < -0.3 is 4.74 Å². The van der Waals surface area contributed by atoms with Crippen LogP contribution in [0.25, 0.3) is 71.3 Å². The van der Waals surface area contributed by atoms with Gasteiger partial charge in [-0.3, -0.25) is 4.40 Å². The minimum atomic E-state index is -0.578. The Bertz CT molecular complexity index is 2830. The molecule has 3 aliphatic rings. The molecule has 4 aromatic heterocycles. The van der Waals surface area contributed by atoms with Gasteiger partial charge in [-0.1, -0.05) is 48.5 Å². The number of ether oxygens (including phenoxy) is 1. The highest BCUT2D eigenvalue weighted by atomic mass is 16.5. The molecule has 0 aliphatic carbocycles. The molecule has 0 fully saturated rings. The second-order valence-corrected chi connectivity index (χ2v) is 11.9. The summed E-state index contributed by atoms with van der Waals surface area (Å²) in [6.45, 7) is 0. The van der Waals surface area contributed by atoms with E-state index in [0.29, 0.717) is 0 Å². The van der Waals surface area contributed by atoms with Gasteiger partial charge in [0.05, 0.1) is 27.4 Å². The number of rotatable bonds is 0. The van der Waals surface area contributed by atoms with E-state index in [9.17, 15) is 0 Å². The van der Waals surface area contributed by atoms with Crippen molar-refractivity contribution in [3.05, 3.63) is 133 Å². The van der Waals surface area contributed by atoms with Crippen molar-refractivity contribution in [3.63, 3.8) is 0 Å². The summed E-state index contributed by atoms with van der Waals surface area (Å²) in [6.07, 6.45) is 4.48. The van der Waals surface area contributed by atoms with Crippen molar-refractivity contribution in [3.8, 4) is 22.8 Å². The molecule has 1 unspecified atom stereocenters. The van der Waals surface area contributed by atoms with Gasteiger partial charge in [0, 0.05) is 34.4 Å². The molecule has 5 aromatic carbocycles. The maximum Gasteiger partial charge on any atom is 0.425 e. The Morgan fingerprint density at radius 3 is 2.35 bits per heavy atom. The van der Waals surface area contributed by atoms with Gasteiger partial charge in [-0.15, -0.1) is 9.13 Å². The second-order valence-electron chi connectivity index (χ2n) is 11.9. The molecular weight excluding hydrogens is 528 g/mol. The highest BCUT2D eigenvalue weighted by Gasteiger charge is 2.70. The average Bonchev–Trinajstić information content (AvgIpc) is 3.72. The lowest BCUT2D eigenvalue weighted by Gasteiger charge is -2.25. The Balaban J connectivity index is 1.40. The molecule has 196 valence electrons. The Hall–Kier alpha value is -5.81. The topological polar surface area (TPSA) is 34.3 Å². The molecule has 9 aromatic rings. The first-order chi connectivity index (χ1) is 21.4. The molecule has 0 amide bonds. The number of benzene rings is 5. The maximum atomic E-state index is 6.77. The molecule has 0 N–H and O–H groups in total. The number of nitrogens with zero attached hydrogens (tertiary/aromatic N) is 4. The molecule has 43 heavy (non-hydrogen) atoms. The van der Waals surface area contributed by atoms with Crippen molar-refractivity contribution in [1.29, 1.82) is 0 Å². The molecule has 1 spiro atoms. The lowest BCUT2D eigenvalue weighted by molar-refractivity contribution is -0.950. The molecular formula is C38H20N4O+2. The summed E-state index contributed by atoms with van der Waals surface area (Å²) < 4.78 is 14.1. The fraction of sp³-hybridized carbons (Fsp3) is 0.0263. The Labute approximate surface area is 244 Å². The third-order valence-corrected chi connectivity index (χ3v) is 10.2. The normalized spacial score (nSPS) is 17.1. The van der Waals surface area contributed by atoms with Crippen LogP contribution < -0.4 is 13.9 Å². The van der Waals surface area contributed by atoms with Gasteiger partial charge in [-0.2, -0.15) is 0 Å². The van der Waals surface area contributed by atoms with E-state index in [1.165, 1.54) is 55.0 Å². The van der Waals surface area contributed by atoms with Crippen molar-refractivity contribution in [2.75, 3.05) is 0 Å². The van der Waals surface area contributed by atoms with Crippen molar-refractivity contribution < 1.29 is 13.9 Å². The standard InChI is InChI=1S/C38H20N4O/c1-2-11-23-21(9-1)22-10-3-4-15-28(22)42-36-25-17-18-30-33-31(25)35-26(34(36)39-37(23)42)13-8-20-41(35)38(33)32-24(12-7-16-29(32)43-30)27-14-5-6-19-40(27)38/h1-20H/q+2.